The lowest BCUT2D eigenvalue weighted by Gasteiger charge is -2.08. The third-order valence-electron chi connectivity index (χ3n) is 2.91. The van der Waals surface area contributed by atoms with E-state index in [4.69, 9.17) is 15.7 Å². The van der Waals surface area contributed by atoms with Gasteiger partial charge in [0.15, 0.2) is 5.84 Å². The number of amidine groups is 1. The zero-order valence-corrected chi connectivity index (χ0v) is 11.6. The lowest BCUT2D eigenvalue weighted by Crippen LogP contribution is -2.24. The number of hydrogen-bond donors (Lipinski definition) is 3. The van der Waals surface area contributed by atoms with Crippen molar-refractivity contribution < 1.29 is 9.94 Å². The second kappa shape index (κ2) is 7.91. The number of imidazole rings is 1. The maximum absolute atomic E-state index is 8.57. The Labute approximate surface area is 123 Å². The van der Waals surface area contributed by atoms with Gasteiger partial charge in [-0.2, -0.15) is 0 Å². The average Bonchev–Trinajstić information content (AvgIpc) is 3.04. The Bertz CT molecular complexity index is 551. The molecule has 7 nitrogen and oxygen atoms in total. The van der Waals surface area contributed by atoms with Crippen LogP contribution >= 0.6 is 0 Å². The van der Waals surface area contributed by atoms with Crippen LogP contribution in [-0.2, 0) is 6.54 Å². The fraction of sp³-hybridized carbons (Fsp3) is 0.286. The van der Waals surface area contributed by atoms with Crippen LogP contribution in [-0.4, -0.2) is 40.3 Å². The molecule has 0 spiro atoms. The van der Waals surface area contributed by atoms with E-state index in [0.29, 0.717) is 12.2 Å². The Kier molecular flexibility index (Phi) is 5.60. The van der Waals surface area contributed by atoms with Crippen LogP contribution in [0.15, 0.2) is 48.1 Å². The molecule has 0 bridgehead atoms. The Morgan fingerprint density at radius 2 is 2.14 bits per heavy atom. The van der Waals surface area contributed by atoms with Crippen molar-refractivity contribution in [3.05, 3.63) is 48.5 Å². The molecule has 1 heterocycles. The molecule has 2 rings (SSSR count). The van der Waals surface area contributed by atoms with E-state index >= 15 is 0 Å². The Hall–Kier alpha value is -2.54. The summed E-state index contributed by atoms with van der Waals surface area (Å²) in [5, 5.41) is 14.8. The average molecular weight is 289 g/mol. The Balaban J connectivity index is 1.62. The number of benzene rings is 1. The van der Waals surface area contributed by atoms with Gasteiger partial charge in [-0.25, -0.2) is 4.98 Å². The maximum Gasteiger partial charge on any atom is 0.170 e. The highest BCUT2D eigenvalue weighted by atomic mass is 16.5. The summed E-state index contributed by atoms with van der Waals surface area (Å²) in [4.78, 5) is 3.98. The van der Waals surface area contributed by atoms with Gasteiger partial charge in [-0.15, -0.1) is 0 Å². The molecule has 1 aromatic heterocycles. The SMILES string of the molecule is NC(=NO)c1ccc(OCCNCCn2ccnc2)cc1. The largest absolute Gasteiger partial charge is 0.492 e. The summed E-state index contributed by atoms with van der Waals surface area (Å²) in [6, 6.07) is 7.07. The molecule has 0 amide bonds. The number of nitrogens with one attached hydrogen (secondary N) is 1. The summed E-state index contributed by atoms with van der Waals surface area (Å²) in [7, 11) is 0. The third-order valence-corrected chi connectivity index (χ3v) is 2.91. The summed E-state index contributed by atoms with van der Waals surface area (Å²) < 4.78 is 7.60. The van der Waals surface area contributed by atoms with Gasteiger partial charge >= 0.3 is 0 Å². The van der Waals surface area contributed by atoms with Gasteiger partial charge in [0.2, 0.25) is 0 Å². The van der Waals surface area contributed by atoms with E-state index in [9.17, 15) is 0 Å². The Morgan fingerprint density at radius 1 is 1.33 bits per heavy atom. The van der Waals surface area contributed by atoms with Crippen molar-refractivity contribution in [2.24, 2.45) is 10.9 Å². The molecule has 0 atom stereocenters. The summed E-state index contributed by atoms with van der Waals surface area (Å²) >= 11 is 0. The summed E-state index contributed by atoms with van der Waals surface area (Å²) in [5.74, 6) is 0.837. The van der Waals surface area contributed by atoms with Gasteiger partial charge in [0.1, 0.15) is 12.4 Å². The molecule has 7 heteroatoms. The van der Waals surface area contributed by atoms with Crippen LogP contribution in [0.2, 0.25) is 0 Å². The first-order valence-electron chi connectivity index (χ1n) is 6.67. The topological polar surface area (TPSA) is 97.7 Å². The van der Waals surface area contributed by atoms with Crippen LogP contribution in [0.1, 0.15) is 5.56 Å². The van der Waals surface area contributed by atoms with Crippen LogP contribution in [0.25, 0.3) is 0 Å². The first-order valence-corrected chi connectivity index (χ1v) is 6.67. The molecule has 0 aliphatic heterocycles. The van der Waals surface area contributed by atoms with Crippen molar-refractivity contribution in [1.82, 2.24) is 14.9 Å². The molecule has 1 aromatic carbocycles. The van der Waals surface area contributed by atoms with Crippen LogP contribution in [0.5, 0.6) is 5.75 Å². The van der Waals surface area contributed by atoms with Crippen molar-refractivity contribution >= 4 is 5.84 Å². The highest BCUT2D eigenvalue weighted by molar-refractivity contribution is 5.97. The zero-order chi connectivity index (χ0) is 14.9. The number of rotatable bonds is 8. The second-order valence-electron chi connectivity index (χ2n) is 4.41. The molecular weight excluding hydrogens is 270 g/mol. The number of oxime groups is 1. The molecule has 112 valence electrons. The van der Waals surface area contributed by atoms with E-state index in [1.807, 2.05) is 10.8 Å². The third kappa shape index (κ3) is 4.81. The highest BCUT2D eigenvalue weighted by Crippen LogP contribution is 2.11. The van der Waals surface area contributed by atoms with Crippen LogP contribution in [0.3, 0.4) is 0 Å². The second-order valence-corrected chi connectivity index (χ2v) is 4.41. The minimum absolute atomic E-state index is 0.0859. The number of aromatic nitrogens is 2. The molecule has 0 aliphatic rings. The summed E-state index contributed by atoms with van der Waals surface area (Å²) in [6.07, 6.45) is 5.49. The lowest BCUT2D eigenvalue weighted by molar-refractivity contribution is 0.313. The van der Waals surface area contributed by atoms with Gasteiger partial charge in [-0.05, 0) is 24.3 Å². The van der Waals surface area contributed by atoms with E-state index in [0.717, 1.165) is 25.4 Å². The van der Waals surface area contributed by atoms with Crippen molar-refractivity contribution in [2.45, 2.75) is 6.54 Å². The monoisotopic (exact) mass is 289 g/mol. The van der Waals surface area contributed by atoms with Crippen LogP contribution in [0, 0.1) is 0 Å². The molecule has 21 heavy (non-hydrogen) atoms. The molecule has 0 radical (unpaired) electrons. The normalized spacial score (nSPS) is 11.5. The first-order chi connectivity index (χ1) is 10.3. The van der Waals surface area contributed by atoms with Gasteiger partial charge < -0.3 is 25.6 Å². The quantitative estimate of drug-likeness (QED) is 0.218. The fourth-order valence-electron chi connectivity index (χ4n) is 1.77. The van der Waals surface area contributed by atoms with E-state index in [1.54, 1.807) is 36.8 Å². The van der Waals surface area contributed by atoms with E-state index in [-0.39, 0.29) is 5.84 Å². The predicted molar refractivity (Wildman–Crippen MR) is 79.5 cm³/mol. The van der Waals surface area contributed by atoms with Crippen LogP contribution < -0.4 is 15.8 Å². The summed E-state index contributed by atoms with van der Waals surface area (Å²) in [5.41, 5.74) is 6.14. The molecule has 0 saturated carbocycles. The van der Waals surface area contributed by atoms with Crippen molar-refractivity contribution in [1.29, 1.82) is 0 Å². The standard InChI is InChI=1S/C14H19N5O2/c15-14(18-20)12-1-3-13(4-2-12)21-10-7-16-5-8-19-9-6-17-11-19/h1-4,6,9,11,16,20H,5,7-8,10H2,(H2,15,18). The molecule has 0 unspecified atom stereocenters. The number of nitrogens with two attached hydrogens (primary N) is 1. The zero-order valence-electron chi connectivity index (χ0n) is 11.6. The fourth-order valence-corrected chi connectivity index (χ4v) is 1.77. The van der Waals surface area contributed by atoms with E-state index < -0.39 is 0 Å². The molecule has 4 N–H and O–H groups in total. The van der Waals surface area contributed by atoms with Crippen molar-refractivity contribution in [3.8, 4) is 5.75 Å². The van der Waals surface area contributed by atoms with Crippen molar-refractivity contribution in [2.75, 3.05) is 19.7 Å². The smallest absolute Gasteiger partial charge is 0.170 e. The maximum atomic E-state index is 8.57. The molecule has 0 fully saturated rings. The number of hydrogen-bond acceptors (Lipinski definition) is 5. The van der Waals surface area contributed by atoms with Crippen LogP contribution in [0.4, 0.5) is 0 Å². The lowest BCUT2D eigenvalue weighted by atomic mass is 10.2. The molecule has 0 aliphatic carbocycles. The van der Waals surface area contributed by atoms with Gasteiger partial charge in [-0.3, -0.25) is 0 Å². The summed E-state index contributed by atoms with van der Waals surface area (Å²) in [6.45, 7) is 3.08. The van der Waals surface area contributed by atoms with Gasteiger partial charge in [0.05, 0.1) is 6.33 Å². The first kappa shape index (κ1) is 14.9. The van der Waals surface area contributed by atoms with Gasteiger partial charge in [0, 0.05) is 37.6 Å². The van der Waals surface area contributed by atoms with Gasteiger partial charge in [0.25, 0.3) is 0 Å². The Morgan fingerprint density at radius 3 is 2.81 bits per heavy atom. The molecular formula is C14H19N5O2. The van der Waals surface area contributed by atoms with Gasteiger partial charge in [-0.1, -0.05) is 5.16 Å². The molecule has 2 aromatic rings. The highest BCUT2D eigenvalue weighted by Gasteiger charge is 1.99. The predicted octanol–water partition coefficient (Wildman–Crippen LogP) is 0.646. The number of nitrogens with zero attached hydrogens (tertiary/aromatic N) is 3. The minimum Gasteiger partial charge on any atom is -0.492 e. The molecule has 0 saturated heterocycles. The van der Waals surface area contributed by atoms with E-state index in [2.05, 4.69) is 15.5 Å². The van der Waals surface area contributed by atoms with E-state index in [1.165, 1.54) is 0 Å². The number of ether oxygens (including phenoxy) is 1. The van der Waals surface area contributed by atoms with Crippen molar-refractivity contribution in [3.63, 3.8) is 0 Å². The minimum atomic E-state index is 0.0859.